The van der Waals surface area contributed by atoms with Crippen molar-refractivity contribution in [1.29, 1.82) is 0 Å². The third-order valence-corrected chi connectivity index (χ3v) is 4.08. The molecule has 1 aromatic heterocycles. The molecule has 3 N–H and O–H groups in total. The van der Waals surface area contributed by atoms with Crippen LogP contribution in [0.4, 0.5) is 4.79 Å². The molecule has 1 fully saturated rings. The van der Waals surface area contributed by atoms with Gasteiger partial charge < -0.3 is 20.3 Å². The van der Waals surface area contributed by atoms with Crippen LogP contribution in [0.25, 0.3) is 0 Å². The molecule has 7 nitrogen and oxygen atoms in total. The third kappa shape index (κ3) is 2.76. The van der Waals surface area contributed by atoms with Gasteiger partial charge in [0.1, 0.15) is 5.82 Å². The molecular formula is C13H20N4O3. The Morgan fingerprint density at radius 3 is 2.95 bits per heavy atom. The lowest BCUT2D eigenvalue weighted by Gasteiger charge is -2.27. The van der Waals surface area contributed by atoms with Crippen molar-refractivity contribution in [1.82, 2.24) is 20.2 Å². The molecule has 1 aliphatic rings. The normalized spacial score (nSPS) is 25.4. The van der Waals surface area contributed by atoms with Crippen LogP contribution in [0.1, 0.15) is 32.0 Å². The zero-order valence-electron chi connectivity index (χ0n) is 11.7. The van der Waals surface area contributed by atoms with Gasteiger partial charge in [-0.05, 0) is 19.8 Å². The number of aliphatic carboxylic acids is 1. The lowest BCUT2D eigenvalue weighted by Crippen LogP contribution is -2.50. The minimum Gasteiger partial charge on any atom is -0.481 e. The first-order chi connectivity index (χ1) is 9.43. The molecule has 2 rings (SSSR count). The van der Waals surface area contributed by atoms with Gasteiger partial charge in [-0.3, -0.25) is 4.79 Å². The maximum Gasteiger partial charge on any atom is 0.315 e. The highest BCUT2D eigenvalue weighted by Gasteiger charge is 2.45. The summed E-state index contributed by atoms with van der Waals surface area (Å²) in [6.07, 6.45) is 5.55. The Balaban J connectivity index is 1.88. The van der Waals surface area contributed by atoms with E-state index in [4.69, 9.17) is 0 Å². The number of carbonyl (C=O) groups excluding carboxylic acids is 1. The van der Waals surface area contributed by atoms with Crippen molar-refractivity contribution >= 4 is 12.0 Å². The molecule has 2 atom stereocenters. The minimum atomic E-state index is -0.874. The van der Waals surface area contributed by atoms with E-state index in [1.54, 1.807) is 19.3 Å². The van der Waals surface area contributed by atoms with Gasteiger partial charge in [0.15, 0.2) is 0 Å². The fraction of sp³-hybridized carbons (Fsp3) is 0.615. The van der Waals surface area contributed by atoms with Crippen molar-refractivity contribution in [3.63, 3.8) is 0 Å². The summed E-state index contributed by atoms with van der Waals surface area (Å²) < 4.78 is 1.82. The van der Waals surface area contributed by atoms with Crippen LogP contribution in [0.5, 0.6) is 0 Å². The summed E-state index contributed by atoms with van der Waals surface area (Å²) in [5.41, 5.74) is -0.874. The molecule has 7 heteroatoms. The number of aromatic nitrogens is 2. The number of carboxylic acid groups (broad SMARTS) is 1. The van der Waals surface area contributed by atoms with Crippen LogP contribution in [-0.2, 0) is 18.4 Å². The first-order valence-corrected chi connectivity index (χ1v) is 6.67. The monoisotopic (exact) mass is 280 g/mol. The van der Waals surface area contributed by atoms with E-state index in [1.807, 2.05) is 11.6 Å². The molecule has 0 spiro atoms. The number of hydrogen-bond acceptors (Lipinski definition) is 3. The number of nitrogens with zero attached hydrogens (tertiary/aromatic N) is 2. The van der Waals surface area contributed by atoms with Crippen molar-refractivity contribution in [2.24, 2.45) is 12.5 Å². The standard InChI is InChI=1S/C13H20N4O3/c1-13(11(18)19)5-3-4-9(13)16-12(20)15-8-10-14-6-7-17(10)2/h6-7,9H,3-5,8H2,1-2H3,(H,18,19)(H2,15,16,20). The number of urea groups is 1. The average Bonchev–Trinajstić information content (AvgIpc) is 2.95. The number of aryl methyl sites for hydroxylation is 1. The Labute approximate surface area is 117 Å². The Hall–Kier alpha value is -2.05. The first kappa shape index (κ1) is 14.4. The average molecular weight is 280 g/mol. The van der Waals surface area contributed by atoms with Crippen LogP contribution in [0, 0.1) is 5.41 Å². The zero-order valence-corrected chi connectivity index (χ0v) is 11.7. The number of rotatable bonds is 4. The van der Waals surface area contributed by atoms with Gasteiger partial charge in [0.05, 0.1) is 12.0 Å². The van der Waals surface area contributed by atoms with Gasteiger partial charge in [0, 0.05) is 25.5 Å². The van der Waals surface area contributed by atoms with E-state index >= 15 is 0 Å². The van der Waals surface area contributed by atoms with E-state index in [1.165, 1.54) is 0 Å². The van der Waals surface area contributed by atoms with Gasteiger partial charge in [-0.25, -0.2) is 9.78 Å². The minimum absolute atomic E-state index is 0.311. The van der Waals surface area contributed by atoms with Crippen molar-refractivity contribution < 1.29 is 14.7 Å². The van der Waals surface area contributed by atoms with E-state index in [2.05, 4.69) is 15.6 Å². The second-order valence-electron chi connectivity index (χ2n) is 5.45. The van der Waals surface area contributed by atoms with Crippen molar-refractivity contribution in [2.45, 2.75) is 38.8 Å². The number of nitrogens with one attached hydrogen (secondary N) is 2. The Morgan fingerprint density at radius 2 is 2.35 bits per heavy atom. The van der Waals surface area contributed by atoms with Crippen LogP contribution >= 0.6 is 0 Å². The lowest BCUT2D eigenvalue weighted by atomic mass is 9.85. The smallest absolute Gasteiger partial charge is 0.315 e. The van der Waals surface area contributed by atoms with Crippen LogP contribution in [0.15, 0.2) is 12.4 Å². The topological polar surface area (TPSA) is 96.3 Å². The molecule has 20 heavy (non-hydrogen) atoms. The molecule has 0 saturated heterocycles. The van der Waals surface area contributed by atoms with E-state index in [-0.39, 0.29) is 12.1 Å². The van der Waals surface area contributed by atoms with E-state index in [9.17, 15) is 14.7 Å². The highest BCUT2D eigenvalue weighted by molar-refractivity contribution is 5.79. The predicted octanol–water partition coefficient (Wildman–Crippen LogP) is 0.863. The van der Waals surface area contributed by atoms with E-state index in [0.717, 1.165) is 12.2 Å². The zero-order chi connectivity index (χ0) is 14.8. The SMILES string of the molecule is Cn1ccnc1CNC(=O)NC1CCCC1(C)C(=O)O. The Bertz CT molecular complexity index is 513. The summed E-state index contributed by atoms with van der Waals surface area (Å²) >= 11 is 0. The van der Waals surface area contributed by atoms with Crippen molar-refractivity contribution in [3.8, 4) is 0 Å². The van der Waals surface area contributed by atoms with Crippen molar-refractivity contribution in [2.75, 3.05) is 0 Å². The molecule has 1 heterocycles. The van der Waals surface area contributed by atoms with Crippen LogP contribution in [0.2, 0.25) is 0 Å². The van der Waals surface area contributed by atoms with Crippen LogP contribution < -0.4 is 10.6 Å². The fourth-order valence-electron chi connectivity index (χ4n) is 2.59. The summed E-state index contributed by atoms with van der Waals surface area (Å²) in [6.45, 7) is 2.00. The second-order valence-corrected chi connectivity index (χ2v) is 5.45. The van der Waals surface area contributed by atoms with Crippen LogP contribution in [-0.4, -0.2) is 32.7 Å². The maximum atomic E-state index is 11.9. The van der Waals surface area contributed by atoms with Crippen LogP contribution in [0.3, 0.4) is 0 Å². The van der Waals surface area contributed by atoms with E-state index in [0.29, 0.717) is 19.4 Å². The largest absolute Gasteiger partial charge is 0.481 e. The predicted molar refractivity (Wildman–Crippen MR) is 72.0 cm³/mol. The first-order valence-electron chi connectivity index (χ1n) is 6.67. The summed E-state index contributed by atoms with van der Waals surface area (Å²) in [7, 11) is 1.85. The van der Waals surface area contributed by atoms with Crippen molar-refractivity contribution in [3.05, 3.63) is 18.2 Å². The highest BCUT2D eigenvalue weighted by atomic mass is 16.4. The molecule has 2 amide bonds. The summed E-state index contributed by atoms with van der Waals surface area (Å²) in [4.78, 5) is 27.3. The number of imidazole rings is 1. The summed E-state index contributed by atoms with van der Waals surface area (Å²) in [6, 6.07) is -0.686. The molecule has 1 saturated carbocycles. The molecular weight excluding hydrogens is 260 g/mol. The molecule has 0 aromatic carbocycles. The van der Waals surface area contributed by atoms with Gasteiger partial charge in [-0.15, -0.1) is 0 Å². The number of carbonyl (C=O) groups is 2. The molecule has 2 unspecified atom stereocenters. The number of carboxylic acids is 1. The van der Waals surface area contributed by atoms with Gasteiger partial charge in [0.2, 0.25) is 0 Å². The lowest BCUT2D eigenvalue weighted by molar-refractivity contribution is -0.148. The van der Waals surface area contributed by atoms with Gasteiger partial charge >= 0.3 is 12.0 Å². The Kier molecular flexibility index (Phi) is 3.96. The molecule has 0 bridgehead atoms. The maximum absolute atomic E-state index is 11.9. The fourth-order valence-corrected chi connectivity index (χ4v) is 2.59. The highest BCUT2D eigenvalue weighted by Crippen LogP contribution is 2.38. The quantitative estimate of drug-likeness (QED) is 0.762. The summed E-state index contributed by atoms with van der Waals surface area (Å²) in [5.74, 6) is -0.114. The third-order valence-electron chi connectivity index (χ3n) is 4.08. The van der Waals surface area contributed by atoms with Gasteiger partial charge in [0.25, 0.3) is 0 Å². The number of amides is 2. The molecule has 1 aromatic rings. The van der Waals surface area contributed by atoms with Gasteiger partial charge in [-0.2, -0.15) is 0 Å². The molecule has 110 valence electrons. The summed E-state index contributed by atoms with van der Waals surface area (Å²) in [5, 5.41) is 14.8. The molecule has 1 aliphatic carbocycles. The Morgan fingerprint density at radius 1 is 1.60 bits per heavy atom. The number of hydrogen-bond donors (Lipinski definition) is 3. The molecule has 0 radical (unpaired) electrons. The van der Waals surface area contributed by atoms with Gasteiger partial charge in [-0.1, -0.05) is 6.42 Å². The second kappa shape index (κ2) is 5.52. The molecule has 0 aliphatic heterocycles. The van der Waals surface area contributed by atoms with E-state index < -0.39 is 11.4 Å².